The highest BCUT2D eigenvalue weighted by Crippen LogP contribution is 2.31. The monoisotopic (exact) mass is 415 g/mol. The molecule has 1 aliphatic heterocycles. The summed E-state index contributed by atoms with van der Waals surface area (Å²) < 4.78 is 26.8. The summed E-state index contributed by atoms with van der Waals surface area (Å²) in [4.78, 5) is 24.2. The quantitative estimate of drug-likeness (QED) is 0.629. The zero-order valence-corrected chi connectivity index (χ0v) is 17.1. The molecule has 1 N–H and O–H groups in total. The van der Waals surface area contributed by atoms with Crippen LogP contribution < -0.4 is 24.3 Å². The highest BCUT2D eigenvalue weighted by Gasteiger charge is 2.14. The average molecular weight is 415 g/mol. The molecule has 0 aliphatic carbocycles. The number of rotatable bonds is 9. The minimum atomic E-state index is -0.611. The van der Waals surface area contributed by atoms with Crippen molar-refractivity contribution in [2.45, 2.75) is 13.3 Å². The molecule has 160 valence electrons. The molecule has 0 saturated carbocycles. The zero-order valence-electron chi connectivity index (χ0n) is 17.1. The Hall–Kier alpha value is -3.42. The van der Waals surface area contributed by atoms with E-state index in [1.807, 2.05) is 25.1 Å². The van der Waals surface area contributed by atoms with Crippen molar-refractivity contribution in [1.29, 1.82) is 0 Å². The molecule has 0 bridgehead atoms. The topological polar surface area (TPSA) is 92.3 Å². The Morgan fingerprint density at radius 3 is 2.60 bits per heavy atom. The van der Waals surface area contributed by atoms with E-state index in [1.54, 1.807) is 12.1 Å². The third kappa shape index (κ3) is 5.56. The standard InChI is InChI=1S/C22H25NO7/c1-3-27-20-13-16(5-7-17(20)26-2)22(25)30-14-21(24)23-9-8-15-4-6-18-19(12-15)29-11-10-28-18/h4-7,12-13H,3,8-11,14H2,1-2H3,(H,23,24). The van der Waals surface area contributed by atoms with E-state index in [4.69, 9.17) is 23.7 Å². The van der Waals surface area contributed by atoms with Crippen LogP contribution in [0.4, 0.5) is 0 Å². The second-order valence-corrected chi connectivity index (χ2v) is 6.45. The van der Waals surface area contributed by atoms with Crippen LogP contribution in [-0.4, -0.2) is 52.0 Å². The number of fused-ring (bicyclic) bond motifs is 1. The van der Waals surface area contributed by atoms with Crippen molar-refractivity contribution in [3.05, 3.63) is 47.5 Å². The molecule has 3 rings (SSSR count). The minimum Gasteiger partial charge on any atom is -0.493 e. The van der Waals surface area contributed by atoms with Gasteiger partial charge in [0.15, 0.2) is 29.6 Å². The summed E-state index contributed by atoms with van der Waals surface area (Å²) in [5, 5.41) is 2.74. The Morgan fingerprint density at radius 2 is 1.83 bits per heavy atom. The number of hydrogen-bond donors (Lipinski definition) is 1. The normalized spacial score (nSPS) is 12.1. The Balaban J connectivity index is 1.44. The molecule has 1 heterocycles. The van der Waals surface area contributed by atoms with Gasteiger partial charge in [-0.2, -0.15) is 0 Å². The zero-order chi connectivity index (χ0) is 21.3. The van der Waals surface area contributed by atoms with E-state index in [0.29, 0.717) is 50.0 Å². The number of methoxy groups -OCH3 is 1. The number of hydrogen-bond acceptors (Lipinski definition) is 7. The molecule has 2 aromatic carbocycles. The molecule has 0 radical (unpaired) electrons. The van der Waals surface area contributed by atoms with E-state index in [1.165, 1.54) is 13.2 Å². The summed E-state index contributed by atoms with van der Waals surface area (Å²) >= 11 is 0. The Kier molecular flexibility index (Phi) is 7.37. The van der Waals surface area contributed by atoms with Gasteiger partial charge in [0.25, 0.3) is 5.91 Å². The van der Waals surface area contributed by atoms with E-state index < -0.39 is 5.97 Å². The average Bonchev–Trinajstić information content (AvgIpc) is 2.77. The fourth-order valence-electron chi connectivity index (χ4n) is 2.93. The molecular weight excluding hydrogens is 390 g/mol. The molecule has 8 heteroatoms. The number of nitrogens with one attached hydrogen (secondary N) is 1. The van der Waals surface area contributed by atoms with Crippen molar-refractivity contribution < 1.29 is 33.3 Å². The molecule has 0 atom stereocenters. The molecule has 0 aromatic heterocycles. The summed E-state index contributed by atoms with van der Waals surface area (Å²) in [5.41, 5.74) is 1.29. The highest BCUT2D eigenvalue weighted by molar-refractivity contribution is 5.92. The molecule has 1 aliphatic rings. The maximum Gasteiger partial charge on any atom is 0.338 e. The molecule has 30 heavy (non-hydrogen) atoms. The van der Waals surface area contributed by atoms with Crippen LogP contribution in [0.25, 0.3) is 0 Å². The SMILES string of the molecule is CCOc1cc(C(=O)OCC(=O)NCCc2ccc3c(c2)OCCO3)ccc1OC. The predicted molar refractivity (Wildman–Crippen MR) is 109 cm³/mol. The van der Waals surface area contributed by atoms with Gasteiger partial charge in [0.05, 0.1) is 19.3 Å². The number of esters is 1. The summed E-state index contributed by atoms with van der Waals surface area (Å²) in [6.07, 6.45) is 0.618. The van der Waals surface area contributed by atoms with E-state index in [0.717, 1.165) is 11.3 Å². The molecular formula is C22H25NO7. The van der Waals surface area contributed by atoms with Gasteiger partial charge < -0.3 is 29.0 Å². The second-order valence-electron chi connectivity index (χ2n) is 6.45. The van der Waals surface area contributed by atoms with Crippen molar-refractivity contribution in [2.24, 2.45) is 0 Å². The van der Waals surface area contributed by atoms with Gasteiger partial charge in [-0.3, -0.25) is 4.79 Å². The first kappa shape index (κ1) is 21.3. The maximum absolute atomic E-state index is 12.2. The number of amides is 1. The third-order valence-corrected chi connectivity index (χ3v) is 4.38. The van der Waals surface area contributed by atoms with Gasteiger partial charge in [0, 0.05) is 6.54 Å². The van der Waals surface area contributed by atoms with Gasteiger partial charge in [-0.25, -0.2) is 4.79 Å². The van der Waals surface area contributed by atoms with Crippen LogP contribution in [0.2, 0.25) is 0 Å². The smallest absolute Gasteiger partial charge is 0.338 e. The lowest BCUT2D eigenvalue weighted by Gasteiger charge is -2.18. The largest absolute Gasteiger partial charge is 0.493 e. The van der Waals surface area contributed by atoms with Gasteiger partial charge >= 0.3 is 5.97 Å². The van der Waals surface area contributed by atoms with Gasteiger partial charge in [0.2, 0.25) is 0 Å². The van der Waals surface area contributed by atoms with Crippen LogP contribution in [-0.2, 0) is 16.0 Å². The highest BCUT2D eigenvalue weighted by atomic mass is 16.6. The summed E-state index contributed by atoms with van der Waals surface area (Å²) in [7, 11) is 1.52. The Morgan fingerprint density at radius 1 is 1.03 bits per heavy atom. The molecule has 0 unspecified atom stereocenters. The number of ether oxygens (including phenoxy) is 5. The van der Waals surface area contributed by atoms with Gasteiger partial charge in [-0.05, 0) is 49.2 Å². The van der Waals surface area contributed by atoms with Gasteiger partial charge in [-0.1, -0.05) is 6.07 Å². The number of benzene rings is 2. The fraction of sp³-hybridized carbons (Fsp3) is 0.364. The Labute approximate surface area is 175 Å². The molecule has 0 saturated heterocycles. The lowest BCUT2D eigenvalue weighted by molar-refractivity contribution is -0.124. The van der Waals surface area contributed by atoms with E-state index >= 15 is 0 Å². The lowest BCUT2D eigenvalue weighted by Crippen LogP contribution is -2.30. The van der Waals surface area contributed by atoms with Crippen molar-refractivity contribution in [2.75, 3.05) is 40.1 Å². The number of carbonyl (C=O) groups is 2. The van der Waals surface area contributed by atoms with Crippen LogP contribution in [0.1, 0.15) is 22.8 Å². The molecule has 0 spiro atoms. The predicted octanol–water partition coefficient (Wildman–Crippen LogP) is 2.38. The summed E-state index contributed by atoms with van der Waals surface area (Å²) in [6, 6.07) is 10.4. The second kappa shape index (κ2) is 10.4. The van der Waals surface area contributed by atoms with Gasteiger partial charge in [-0.15, -0.1) is 0 Å². The van der Waals surface area contributed by atoms with Crippen LogP contribution in [0.3, 0.4) is 0 Å². The van der Waals surface area contributed by atoms with E-state index in [2.05, 4.69) is 5.32 Å². The third-order valence-electron chi connectivity index (χ3n) is 4.38. The van der Waals surface area contributed by atoms with Crippen LogP contribution in [0.5, 0.6) is 23.0 Å². The van der Waals surface area contributed by atoms with Gasteiger partial charge in [0.1, 0.15) is 13.2 Å². The van der Waals surface area contributed by atoms with Crippen molar-refractivity contribution in [3.63, 3.8) is 0 Å². The number of carbonyl (C=O) groups excluding carboxylic acids is 2. The minimum absolute atomic E-state index is 0.281. The molecule has 0 fully saturated rings. The first-order chi connectivity index (χ1) is 14.6. The summed E-state index contributed by atoms with van der Waals surface area (Å²) in [5.74, 6) is 1.42. The van der Waals surface area contributed by atoms with E-state index in [9.17, 15) is 9.59 Å². The van der Waals surface area contributed by atoms with Crippen LogP contribution in [0, 0.1) is 0 Å². The first-order valence-electron chi connectivity index (χ1n) is 9.74. The fourth-order valence-corrected chi connectivity index (χ4v) is 2.93. The summed E-state index contributed by atoms with van der Waals surface area (Å²) in [6.45, 7) is 3.38. The lowest BCUT2D eigenvalue weighted by atomic mass is 10.1. The Bertz CT molecular complexity index is 897. The molecule has 1 amide bonds. The molecule has 8 nitrogen and oxygen atoms in total. The van der Waals surface area contributed by atoms with E-state index in [-0.39, 0.29) is 18.1 Å². The van der Waals surface area contributed by atoms with Crippen molar-refractivity contribution >= 4 is 11.9 Å². The van der Waals surface area contributed by atoms with Crippen LogP contribution >= 0.6 is 0 Å². The molecule has 2 aromatic rings. The van der Waals surface area contributed by atoms with Crippen LogP contribution in [0.15, 0.2) is 36.4 Å². The van der Waals surface area contributed by atoms with Crippen molar-refractivity contribution in [3.8, 4) is 23.0 Å². The first-order valence-corrected chi connectivity index (χ1v) is 9.74. The maximum atomic E-state index is 12.2. The van der Waals surface area contributed by atoms with Crippen molar-refractivity contribution in [1.82, 2.24) is 5.32 Å².